The molecule has 0 N–H and O–H groups in total. The van der Waals surface area contributed by atoms with Gasteiger partial charge in [-0.2, -0.15) is 0 Å². The molecule has 128 valence electrons. The van der Waals surface area contributed by atoms with Crippen molar-refractivity contribution >= 4 is 0 Å². The van der Waals surface area contributed by atoms with Crippen molar-refractivity contribution in [2.75, 3.05) is 13.1 Å². The topological polar surface area (TPSA) is 21.1 Å². The SMILES string of the molecule is Fc1ccccc1CN1CCC[C@H](c2nccn2CC2CCC2)C1. The Morgan fingerprint density at radius 3 is 2.79 bits per heavy atom. The minimum Gasteiger partial charge on any atom is -0.334 e. The molecule has 4 rings (SSSR count). The molecule has 0 bridgehead atoms. The summed E-state index contributed by atoms with van der Waals surface area (Å²) in [5.41, 5.74) is 0.802. The summed E-state index contributed by atoms with van der Waals surface area (Å²) in [5.74, 6) is 2.46. The lowest BCUT2D eigenvalue weighted by atomic mass is 9.85. The smallest absolute Gasteiger partial charge is 0.127 e. The van der Waals surface area contributed by atoms with E-state index >= 15 is 0 Å². The maximum atomic E-state index is 13.9. The average Bonchev–Trinajstić information content (AvgIpc) is 3.02. The highest BCUT2D eigenvalue weighted by Gasteiger charge is 2.26. The molecule has 1 aliphatic carbocycles. The molecule has 0 amide bonds. The number of nitrogens with zero attached hydrogens (tertiary/aromatic N) is 3. The third-order valence-electron chi connectivity index (χ3n) is 5.65. The zero-order valence-corrected chi connectivity index (χ0v) is 14.2. The first-order valence-corrected chi connectivity index (χ1v) is 9.26. The molecule has 2 heterocycles. The zero-order valence-electron chi connectivity index (χ0n) is 14.2. The normalized spacial score (nSPS) is 22.5. The number of imidazole rings is 1. The summed E-state index contributed by atoms with van der Waals surface area (Å²) in [6.45, 7) is 3.86. The minimum atomic E-state index is -0.0916. The number of piperidine rings is 1. The van der Waals surface area contributed by atoms with Gasteiger partial charge in [0.25, 0.3) is 0 Å². The van der Waals surface area contributed by atoms with Gasteiger partial charge in [0.15, 0.2) is 0 Å². The van der Waals surface area contributed by atoms with Crippen LogP contribution >= 0.6 is 0 Å². The zero-order chi connectivity index (χ0) is 16.4. The van der Waals surface area contributed by atoms with E-state index in [2.05, 4.69) is 20.6 Å². The molecular formula is C20H26FN3. The van der Waals surface area contributed by atoms with Gasteiger partial charge in [0.1, 0.15) is 11.6 Å². The number of rotatable bonds is 5. The van der Waals surface area contributed by atoms with E-state index in [-0.39, 0.29) is 5.82 Å². The van der Waals surface area contributed by atoms with E-state index in [0.29, 0.717) is 12.5 Å². The summed E-state index contributed by atoms with van der Waals surface area (Å²) in [7, 11) is 0. The molecule has 1 saturated carbocycles. The summed E-state index contributed by atoms with van der Waals surface area (Å²) < 4.78 is 16.3. The summed E-state index contributed by atoms with van der Waals surface area (Å²) in [6.07, 6.45) is 10.6. The van der Waals surface area contributed by atoms with E-state index in [1.165, 1.54) is 31.5 Å². The molecule has 1 aliphatic heterocycles. The fourth-order valence-electron chi connectivity index (χ4n) is 4.07. The molecule has 1 aromatic heterocycles. The van der Waals surface area contributed by atoms with Crippen LogP contribution in [0.1, 0.15) is 49.4 Å². The molecule has 4 heteroatoms. The number of halogens is 1. The van der Waals surface area contributed by atoms with Crippen LogP contribution in [0.2, 0.25) is 0 Å². The molecule has 0 spiro atoms. The van der Waals surface area contributed by atoms with Gasteiger partial charge in [0.2, 0.25) is 0 Å². The van der Waals surface area contributed by atoms with E-state index < -0.39 is 0 Å². The second-order valence-corrected chi connectivity index (χ2v) is 7.40. The highest BCUT2D eigenvalue weighted by Crippen LogP contribution is 2.31. The van der Waals surface area contributed by atoms with Gasteiger partial charge in [0, 0.05) is 43.5 Å². The third kappa shape index (κ3) is 3.39. The molecule has 0 unspecified atom stereocenters. The lowest BCUT2D eigenvalue weighted by molar-refractivity contribution is 0.189. The second kappa shape index (κ2) is 7.06. The van der Waals surface area contributed by atoms with Gasteiger partial charge < -0.3 is 4.57 Å². The lowest BCUT2D eigenvalue weighted by Crippen LogP contribution is -2.35. The van der Waals surface area contributed by atoms with Gasteiger partial charge in [-0.05, 0) is 44.2 Å². The van der Waals surface area contributed by atoms with Crippen molar-refractivity contribution in [3.63, 3.8) is 0 Å². The van der Waals surface area contributed by atoms with Crippen molar-refractivity contribution in [2.45, 2.75) is 51.1 Å². The maximum Gasteiger partial charge on any atom is 0.127 e. The van der Waals surface area contributed by atoms with E-state index in [9.17, 15) is 4.39 Å². The monoisotopic (exact) mass is 327 g/mol. The Morgan fingerprint density at radius 1 is 1.12 bits per heavy atom. The van der Waals surface area contributed by atoms with Crippen LogP contribution in [0.5, 0.6) is 0 Å². The second-order valence-electron chi connectivity index (χ2n) is 7.40. The molecule has 3 nitrogen and oxygen atoms in total. The number of hydrogen-bond acceptors (Lipinski definition) is 2. The fraction of sp³-hybridized carbons (Fsp3) is 0.550. The van der Waals surface area contributed by atoms with E-state index in [1.54, 1.807) is 12.1 Å². The van der Waals surface area contributed by atoms with Crippen molar-refractivity contribution in [3.05, 3.63) is 53.9 Å². The molecule has 1 aromatic carbocycles. The van der Waals surface area contributed by atoms with E-state index in [1.807, 2.05) is 18.3 Å². The van der Waals surface area contributed by atoms with E-state index in [0.717, 1.165) is 37.5 Å². The van der Waals surface area contributed by atoms with Gasteiger partial charge in [-0.3, -0.25) is 4.90 Å². The molecule has 0 radical (unpaired) electrons. The number of hydrogen-bond donors (Lipinski definition) is 0. The molecular weight excluding hydrogens is 301 g/mol. The van der Waals surface area contributed by atoms with Crippen LogP contribution in [-0.4, -0.2) is 27.5 Å². The van der Waals surface area contributed by atoms with Crippen LogP contribution < -0.4 is 0 Å². The molecule has 2 fully saturated rings. The van der Waals surface area contributed by atoms with Gasteiger partial charge >= 0.3 is 0 Å². The van der Waals surface area contributed by atoms with Crippen LogP contribution in [0.3, 0.4) is 0 Å². The summed E-state index contributed by atoms with van der Waals surface area (Å²) in [5, 5.41) is 0. The van der Waals surface area contributed by atoms with Crippen molar-refractivity contribution in [1.82, 2.24) is 14.5 Å². The maximum absolute atomic E-state index is 13.9. The van der Waals surface area contributed by atoms with Crippen LogP contribution in [0, 0.1) is 11.7 Å². The van der Waals surface area contributed by atoms with Gasteiger partial charge in [-0.15, -0.1) is 0 Å². The summed E-state index contributed by atoms with van der Waals surface area (Å²) in [6, 6.07) is 7.14. The number of benzene rings is 1. The number of likely N-dealkylation sites (tertiary alicyclic amines) is 1. The Hall–Kier alpha value is -1.68. The first-order valence-electron chi connectivity index (χ1n) is 9.26. The highest BCUT2D eigenvalue weighted by atomic mass is 19.1. The molecule has 2 aromatic rings. The van der Waals surface area contributed by atoms with Crippen LogP contribution in [-0.2, 0) is 13.1 Å². The summed E-state index contributed by atoms with van der Waals surface area (Å²) in [4.78, 5) is 7.06. The minimum absolute atomic E-state index is 0.0916. The first kappa shape index (κ1) is 15.8. The Bertz CT molecular complexity index is 677. The molecule has 1 saturated heterocycles. The van der Waals surface area contributed by atoms with Gasteiger partial charge in [-0.25, -0.2) is 9.37 Å². The average molecular weight is 327 g/mol. The molecule has 2 aliphatic rings. The Kier molecular flexibility index (Phi) is 4.65. The van der Waals surface area contributed by atoms with Crippen LogP contribution in [0.15, 0.2) is 36.7 Å². The lowest BCUT2D eigenvalue weighted by Gasteiger charge is -2.33. The standard InChI is InChI=1S/C20H26FN3/c21-19-9-2-1-7-17(19)14-23-11-4-8-18(15-23)20-22-10-12-24(20)13-16-5-3-6-16/h1-2,7,9-10,12,16,18H,3-6,8,11,13-15H2/t18-/m0/s1. The van der Waals surface area contributed by atoms with Crippen molar-refractivity contribution in [2.24, 2.45) is 5.92 Å². The molecule has 24 heavy (non-hydrogen) atoms. The summed E-state index contributed by atoms with van der Waals surface area (Å²) >= 11 is 0. The highest BCUT2D eigenvalue weighted by molar-refractivity contribution is 5.17. The Balaban J connectivity index is 1.43. The largest absolute Gasteiger partial charge is 0.334 e. The Labute approximate surface area is 143 Å². The fourth-order valence-corrected chi connectivity index (χ4v) is 4.07. The first-order chi connectivity index (χ1) is 11.8. The van der Waals surface area contributed by atoms with Crippen LogP contribution in [0.25, 0.3) is 0 Å². The Morgan fingerprint density at radius 2 is 2.00 bits per heavy atom. The van der Waals surface area contributed by atoms with Crippen LogP contribution in [0.4, 0.5) is 4.39 Å². The van der Waals surface area contributed by atoms with E-state index in [4.69, 9.17) is 0 Å². The molecule has 1 atom stereocenters. The predicted molar refractivity (Wildman–Crippen MR) is 93.2 cm³/mol. The van der Waals surface area contributed by atoms with Gasteiger partial charge in [-0.1, -0.05) is 24.6 Å². The van der Waals surface area contributed by atoms with Crippen molar-refractivity contribution in [1.29, 1.82) is 0 Å². The predicted octanol–water partition coefficient (Wildman–Crippen LogP) is 4.20. The number of aromatic nitrogens is 2. The third-order valence-corrected chi connectivity index (χ3v) is 5.65. The van der Waals surface area contributed by atoms with Crippen molar-refractivity contribution < 1.29 is 4.39 Å². The van der Waals surface area contributed by atoms with Gasteiger partial charge in [0.05, 0.1) is 0 Å². The van der Waals surface area contributed by atoms with Crippen molar-refractivity contribution in [3.8, 4) is 0 Å². The quantitative estimate of drug-likeness (QED) is 0.820.